The van der Waals surface area contributed by atoms with Crippen LogP contribution in [0.5, 0.6) is 0 Å². The summed E-state index contributed by atoms with van der Waals surface area (Å²) >= 11 is 9.53. The Morgan fingerprint density at radius 2 is 2.00 bits per heavy atom. The lowest BCUT2D eigenvalue weighted by molar-refractivity contribution is 0.0957. The van der Waals surface area contributed by atoms with Gasteiger partial charge < -0.3 is 5.32 Å². The van der Waals surface area contributed by atoms with Gasteiger partial charge in [-0.1, -0.05) is 63.9 Å². The molecule has 0 radical (unpaired) electrons. The number of nitrogens with one attached hydrogen (secondary N) is 1. The Balaban J connectivity index is 2.21. The van der Waals surface area contributed by atoms with E-state index < -0.39 is 0 Å². The lowest BCUT2D eigenvalue weighted by Crippen LogP contribution is -2.25. The monoisotopic (exact) mass is 381 g/mol. The van der Waals surface area contributed by atoms with Gasteiger partial charge in [-0.25, -0.2) is 4.68 Å². The average Bonchev–Trinajstić information content (AvgIpc) is 2.73. The van der Waals surface area contributed by atoms with Crippen molar-refractivity contribution in [2.75, 3.05) is 6.54 Å². The standard InChI is InChI=1S/C16H17BrClN3O/c1-10-4-6-13(7-5-10)9-21-15(18)14(12(3)20-21)16(22)19-8-11(2)17/h4-7H,2,8-9H2,1,3H3,(H,19,22). The molecule has 0 unspecified atom stereocenters. The van der Waals surface area contributed by atoms with E-state index in [1.165, 1.54) is 5.56 Å². The first-order valence-corrected chi connectivity index (χ1v) is 7.95. The summed E-state index contributed by atoms with van der Waals surface area (Å²) in [6.07, 6.45) is 0. The van der Waals surface area contributed by atoms with Crippen molar-refractivity contribution in [1.82, 2.24) is 15.1 Å². The second kappa shape index (κ2) is 7.11. The van der Waals surface area contributed by atoms with Gasteiger partial charge in [0.1, 0.15) is 5.15 Å². The quantitative estimate of drug-likeness (QED) is 0.854. The van der Waals surface area contributed by atoms with Gasteiger partial charge in [0.25, 0.3) is 5.91 Å². The van der Waals surface area contributed by atoms with Crippen LogP contribution < -0.4 is 5.32 Å². The van der Waals surface area contributed by atoms with Gasteiger partial charge in [-0.2, -0.15) is 5.10 Å². The third-order valence-corrected chi connectivity index (χ3v) is 3.85. The van der Waals surface area contributed by atoms with Crippen LogP contribution in [-0.2, 0) is 6.54 Å². The molecule has 0 aliphatic rings. The minimum absolute atomic E-state index is 0.252. The van der Waals surface area contributed by atoms with Gasteiger partial charge in [-0.05, 0) is 19.4 Å². The Morgan fingerprint density at radius 3 is 2.59 bits per heavy atom. The summed E-state index contributed by atoms with van der Waals surface area (Å²) in [7, 11) is 0. The van der Waals surface area contributed by atoms with Crippen LogP contribution in [0.2, 0.25) is 5.15 Å². The molecule has 0 aliphatic heterocycles. The van der Waals surface area contributed by atoms with Crippen molar-refractivity contribution in [3.05, 3.63) is 62.9 Å². The molecule has 4 nitrogen and oxygen atoms in total. The highest BCUT2D eigenvalue weighted by atomic mass is 79.9. The first kappa shape index (κ1) is 16.8. The molecule has 1 heterocycles. The SMILES string of the molecule is C=C(Br)CNC(=O)c1c(C)nn(Cc2ccc(C)cc2)c1Cl. The number of hydrogen-bond acceptors (Lipinski definition) is 2. The molecule has 2 aromatic rings. The van der Waals surface area contributed by atoms with Gasteiger partial charge in [0.2, 0.25) is 0 Å². The van der Waals surface area contributed by atoms with E-state index in [9.17, 15) is 4.79 Å². The maximum absolute atomic E-state index is 12.2. The molecular formula is C16H17BrClN3O. The van der Waals surface area contributed by atoms with Crippen molar-refractivity contribution >= 4 is 33.4 Å². The number of carbonyl (C=O) groups excluding carboxylic acids is 1. The number of carbonyl (C=O) groups is 1. The van der Waals surface area contributed by atoms with Crippen molar-refractivity contribution < 1.29 is 4.79 Å². The summed E-state index contributed by atoms with van der Waals surface area (Å²) in [5, 5.41) is 7.45. The van der Waals surface area contributed by atoms with Crippen LogP contribution >= 0.6 is 27.5 Å². The molecule has 1 N–H and O–H groups in total. The Hall–Kier alpha value is -1.59. The third-order valence-electron chi connectivity index (χ3n) is 3.19. The molecule has 1 aromatic carbocycles. The van der Waals surface area contributed by atoms with E-state index in [0.717, 1.165) is 5.56 Å². The van der Waals surface area contributed by atoms with Gasteiger partial charge in [0.15, 0.2) is 0 Å². The molecule has 0 aliphatic carbocycles. The normalized spacial score (nSPS) is 10.5. The molecule has 2 rings (SSSR count). The number of aryl methyl sites for hydroxylation is 2. The number of hydrogen-bond donors (Lipinski definition) is 1. The van der Waals surface area contributed by atoms with Gasteiger partial charge in [0, 0.05) is 11.0 Å². The van der Waals surface area contributed by atoms with Gasteiger partial charge in [-0.3, -0.25) is 4.79 Å². The summed E-state index contributed by atoms with van der Waals surface area (Å²) in [6, 6.07) is 8.12. The van der Waals surface area contributed by atoms with Crippen LogP contribution in [0.25, 0.3) is 0 Å². The third kappa shape index (κ3) is 3.99. The summed E-state index contributed by atoms with van der Waals surface area (Å²) in [5.41, 5.74) is 3.29. The maximum atomic E-state index is 12.2. The highest BCUT2D eigenvalue weighted by Gasteiger charge is 2.20. The maximum Gasteiger partial charge on any atom is 0.256 e. The Kier molecular flexibility index (Phi) is 5.42. The summed E-state index contributed by atoms with van der Waals surface area (Å²) in [6.45, 7) is 8.36. The molecule has 0 saturated carbocycles. The zero-order valence-corrected chi connectivity index (χ0v) is 14.8. The van der Waals surface area contributed by atoms with Crippen molar-refractivity contribution in [1.29, 1.82) is 0 Å². The number of nitrogens with zero attached hydrogens (tertiary/aromatic N) is 2. The van der Waals surface area contributed by atoms with E-state index in [2.05, 4.69) is 32.9 Å². The van der Waals surface area contributed by atoms with E-state index in [-0.39, 0.29) is 5.91 Å². The Labute approximate surface area is 143 Å². The molecule has 0 fully saturated rings. The van der Waals surface area contributed by atoms with Crippen molar-refractivity contribution in [3.63, 3.8) is 0 Å². The lowest BCUT2D eigenvalue weighted by Gasteiger charge is -2.05. The Bertz CT molecular complexity index is 707. The van der Waals surface area contributed by atoms with Gasteiger partial charge in [-0.15, -0.1) is 0 Å². The molecule has 6 heteroatoms. The molecule has 0 spiro atoms. The molecule has 1 amide bonds. The molecule has 1 aromatic heterocycles. The fourth-order valence-corrected chi connectivity index (χ4v) is 2.51. The van der Waals surface area contributed by atoms with Crippen molar-refractivity contribution in [3.8, 4) is 0 Å². The highest BCUT2D eigenvalue weighted by Crippen LogP contribution is 2.21. The predicted molar refractivity (Wildman–Crippen MR) is 92.7 cm³/mol. The van der Waals surface area contributed by atoms with Crippen molar-refractivity contribution in [2.45, 2.75) is 20.4 Å². The zero-order valence-electron chi connectivity index (χ0n) is 12.5. The minimum atomic E-state index is -0.252. The number of halogens is 2. The van der Waals surface area contributed by atoms with Crippen LogP contribution in [0.4, 0.5) is 0 Å². The molecule has 116 valence electrons. The summed E-state index contributed by atoms with van der Waals surface area (Å²) < 4.78 is 2.33. The average molecular weight is 383 g/mol. The van der Waals surface area contributed by atoms with Crippen LogP contribution in [0.3, 0.4) is 0 Å². The van der Waals surface area contributed by atoms with E-state index in [1.54, 1.807) is 11.6 Å². The van der Waals surface area contributed by atoms with Crippen LogP contribution in [0.15, 0.2) is 35.3 Å². The molecule has 0 atom stereocenters. The van der Waals surface area contributed by atoms with Crippen LogP contribution in [-0.4, -0.2) is 22.2 Å². The number of rotatable bonds is 5. The van der Waals surface area contributed by atoms with E-state index in [0.29, 0.717) is 34.0 Å². The number of benzene rings is 1. The highest BCUT2D eigenvalue weighted by molar-refractivity contribution is 9.11. The largest absolute Gasteiger partial charge is 0.347 e. The zero-order chi connectivity index (χ0) is 16.3. The fraction of sp³-hybridized carbons (Fsp3) is 0.250. The van der Waals surface area contributed by atoms with E-state index in [1.807, 2.05) is 31.2 Å². The molecule has 0 saturated heterocycles. The summed E-state index contributed by atoms with van der Waals surface area (Å²) in [5.74, 6) is -0.252. The minimum Gasteiger partial charge on any atom is -0.347 e. The fourth-order valence-electron chi connectivity index (χ4n) is 2.05. The van der Waals surface area contributed by atoms with E-state index in [4.69, 9.17) is 11.6 Å². The van der Waals surface area contributed by atoms with Gasteiger partial charge >= 0.3 is 0 Å². The van der Waals surface area contributed by atoms with Crippen LogP contribution in [0, 0.1) is 13.8 Å². The first-order valence-electron chi connectivity index (χ1n) is 6.78. The smallest absolute Gasteiger partial charge is 0.256 e. The Morgan fingerprint density at radius 1 is 1.36 bits per heavy atom. The first-order chi connectivity index (χ1) is 10.4. The topological polar surface area (TPSA) is 46.9 Å². The lowest BCUT2D eigenvalue weighted by atomic mass is 10.1. The molecule has 0 bridgehead atoms. The summed E-state index contributed by atoms with van der Waals surface area (Å²) in [4.78, 5) is 12.2. The van der Waals surface area contributed by atoms with Crippen LogP contribution in [0.1, 0.15) is 27.2 Å². The number of aromatic nitrogens is 2. The predicted octanol–water partition coefficient (Wildman–Crippen LogP) is 3.84. The second-order valence-corrected chi connectivity index (χ2v) is 6.57. The molecular weight excluding hydrogens is 366 g/mol. The van der Waals surface area contributed by atoms with E-state index >= 15 is 0 Å². The molecule has 22 heavy (non-hydrogen) atoms. The second-order valence-electron chi connectivity index (χ2n) is 5.09. The van der Waals surface area contributed by atoms with Crippen molar-refractivity contribution in [2.24, 2.45) is 0 Å². The number of amides is 1. The van der Waals surface area contributed by atoms with Gasteiger partial charge in [0.05, 0.1) is 17.8 Å².